The molecule has 1 rings (SSSR count). The number of nitrogen functional groups attached to an aromatic ring is 1. The number of aliphatic hydroxyl groups excluding tert-OH is 1. The van der Waals surface area contributed by atoms with Gasteiger partial charge in [0.25, 0.3) is 5.91 Å². The van der Waals surface area contributed by atoms with Crippen molar-refractivity contribution in [2.24, 2.45) is 0 Å². The normalized spacial score (nSPS) is 12.2. The molecule has 0 aliphatic heterocycles. The van der Waals surface area contributed by atoms with Gasteiger partial charge in [-0.1, -0.05) is 6.07 Å². The van der Waals surface area contributed by atoms with Crippen molar-refractivity contribution in [2.75, 3.05) is 12.3 Å². The summed E-state index contributed by atoms with van der Waals surface area (Å²) in [4.78, 5) is 11.7. The van der Waals surface area contributed by atoms with E-state index in [1.54, 1.807) is 32.0 Å². The molecule has 0 bridgehead atoms. The highest BCUT2D eigenvalue weighted by Crippen LogP contribution is 2.15. The van der Waals surface area contributed by atoms with E-state index >= 15 is 0 Å². The molecular formula is C11H16N2O2. The monoisotopic (exact) mass is 208 g/mol. The van der Waals surface area contributed by atoms with Gasteiger partial charge in [-0.25, -0.2) is 0 Å². The molecule has 1 atom stereocenters. The smallest absolute Gasteiger partial charge is 0.251 e. The number of carbonyl (C=O) groups is 1. The van der Waals surface area contributed by atoms with Gasteiger partial charge in [0.2, 0.25) is 0 Å². The molecule has 4 heteroatoms. The fraction of sp³-hybridized carbons (Fsp3) is 0.364. The Morgan fingerprint density at radius 2 is 2.27 bits per heavy atom. The first-order valence-electron chi connectivity index (χ1n) is 4.83. The van der Waals surface area contributed by atoms with Gasteiger partial charge >= 0.3 is 0 Å². The fourth-order valence-electron chi connectivity index (χ4n) is 1.25. The van der Waals surface area contributed by atoms with E-state index < -0.39 is 0 Å². The van der Waals surface area contributed by atoms with E-state index in [1.165, 1.54) is 0 Å². The van der Waals surface area contributed by atoms with Crippen LogP contribution in [-0.4, -0.2) is 23.7 Å². The Morgan fingerprint density at radius 1 is 1.60 bits per heavy atom. The van der Waals surface area contributed by atoms with Crippen LogP contribution in [-0.2, 0) is 0 Å². The van der Waals surface area contributed by atoms with Crippen LogP contribution in [0.1, 0.15) is 22.8 Å². The highest BCUT2D eigenvalue weighted by molar-refractivity contribution is 5.97. The topological polar surface area (TPSA) is 75.4 Å². The lowest BCUT2D eigenvalue weighted by Gasteiger charge is -2.12. The van der Waals surface area contributed by atoms with Crippen LogP contribution < -0.4 is 11.1 Å². The average molecular weight is 208 g/mol. The predicted octanol–water partition coefficient (Wildman–Crippen LogP) is 0.688. The Labute approximate surface area is 89.1 Å². The number of rotatable bonds is 3. The fourth-order valence-corrected chi connectivity index (χ4v) is 1.25. The van der Waals surface area contributed by atoms with E-state index in [0.29, 0.717) is 11.3 Å². The zero-order valence-corrected chi connectivity index (χ0v) is 8.95. The summed E-state index contributed by atoms with van der Waals surface area (Å²) in [5, 5.41) is 11.5. The lowest BCUT2D eigenvalue weighted by Crippen LogP contribution is -2.35. The van der Waals surface area contributed by atoms with Gasteiger partial charge < -0.3 is 16.2 Å². The summed E-state index contributed by atoms with van der Waals surface area (Å²) in [5.41, 5.74) is 7.60. The largest absolute Gasteiger partial charge is 0.398 e. The lowest BCUT2D eigenvalue weighted by atomic mass is 10.1. The number of benzene rings is 1. The number of hydrogen-bond acceptors (Lipinski definition) is 3. The SMILES string of the molecule is Cc1c(N)cccc1C(=O)NC(C)CO. The van der Waals surface area contributed by atoms with Crippen LogP contribution in [0.3, 0.4) is 0 Å². The molecule has 1 aromatic carbocycles. The highest BCUT2D eigenvalue weighted by Gasteiger charge is 2.12. The summed E-state index contributed by atoms with van der Waals surface area (Å²) in [6, 6.07) is 4.95. The standard InChI is InChI=1S/C11H16N2O2/c1-7(6-14)13-11(15)9-4-3-5-10(12)8(9)2/h3-5,7,14H,6,12H2,1-2H3,(H,13,15). The van der Waals surface area contributed by atoms with Crippen LogP contribution in [0.15, 0.2) is 18.2 Å². The van der Waals surface area contributed by atoms with Gasteiger partial charge in [-0.3, -0.25) is 4.79 Å². The molecule has 82 valence electrons. The van der Waals surface area contributed by atoms with Crippen LogP contribution in [0.5, 0.6) is 0 Å². The summed E-state index contributed by atoms with van der Waals surface area (Å²) in [5.74, 6) is -0.207. The van der Waals surface area contributed by atoms with E-state index in [0.717, 1.165) is 5.56 Å². The molecule has 4 nitrogen and oxygen atoms in total. The molecule has 4 N–H and O–H groups in total. The number of hydrogen-bond donors (Lipinski definition) is 3. The molecule has 0 aromatic heterocycles. The first-order valence-corrected chi connectivity index (χ1v) is 4.83. The van der Waals surface area contributed by atoms with Crippen molar-refractivity contribution in [3.05, 3.63) is 29.3 Å². The minimum Gasteiger partial charge on any atom is -0.398 e. The molecule has 0 aliphatic carbocycles. The van der Waals surface area contributed by atoms with Crippen LogP contribution in [0.2, 0.25) is 0 Å². The van der Waals surface area contributed by atoms with Crippen molar-refractivity contribution in [1.29, 1.82) is 0 Å². The summed E-state index contributed by atoms with van der Waals surface area (Å²) < 4.78 is 0. The van der Waals surface area contributed by atoms with Gasteiger partial charge in [0.1, 0.15) is 0 Å². The maximum absolute atomic E-state index is 11.7. The summed E-state index contributed by atoms with van der Waals surface area (Å²) in [7, 11) is 0. The number of nitrogens with one attached hydrogen (secondary N) is 1. The minimum atomic E-state index is -0.252. The molecule has 15 heavy (non-hydrogen) atoms. The molecule has 1 unspecified atom stereocenters. The van der Waals surface area contributed by atoms with Crippen molar-refractivity contribution >= 4 is 11.6 Å². The van der Waals surface area contributed by atoms with Gasteiger partial charge in [-0.05, 0) is 31.5 Å². The Morgan fingerprint density at radius 3 is 2.87 bits per heavy atom. The number of carbonyl (C=O) groups excluding carboxylic acids is 1. The Bertz CT molecular complexity index is 364. The number of amides is 1. The van der Waals surface area contributed by atoms with Crippen molar-refractivity contribution in [2.45, 2.75) is 19.9 Å². The molecule has 0 spiro atoms. The first kappa shape index (κ1) is 11.5. The maximum atomic E-state index is 11.7. The predicted molar refractivity (Wildman–Crippen MR) is 59.6 cm³/mol. The quantitative estimate of drug-likeness (QED) is 0.640. The summed E-state index contributed by atoms with van der Waals surface area (Å²) in [6.45, 7) is 3.46. The zero-order valence-electron chi connectivity index (χ0n) is 8.95. The second-order valence-electron chi connectivity index (χ2n) is 3.58. The Balaban J connectivity index is 2.87. The van der Waals surface area contributed by atoms with Crippen LogP contribution in [0, 0.1) is 6.92 Å². The number of aliphatic hydroxyl groups is 1. The summed E-state index contributed by atoms with van der Waals surface area (Å²) >= 11 is 0. The molecule has 1 amide bonds. The second kappa shape index (κ2) is 4.79. The van der Waals surface area contributed by atoms with Crippen molar-refractivity contribution in [3.63, 3.8) is 0 Å². The molecular weight excluding hydrogens is 192 g/mol. The van der Waals surface area contributed by atoms with Crippen LogP contribution in [0.4, 0.5) is 5.69 Å². The average Bonchev–Trinajstić information content (AvgIpc) is 2.21. The molecule has 0 fully saturated rings. The second-order valence-corrected chi connectivity index (χ2v) is 3.58. The minimum absolute atomic E-state index is 0.0763. The number of anilines is 1. The molecule has 1 aromatic rings. The van der Waals surface area contributed by atoms with Crippen molar-refractivity contribution < 1.29 is 9.90 Å². The molecule has 0 aliphatic rings. The van der Waals surface area contributed by atoms with Gasteiger partial charge in [-0.2, -0.15) is 0 Å². The zero-order chi connectivity index (χ0) is 11.4. The van der Waals surface area contributed by atoms with E-state index in [1.807, 2.05) is 0 Å². The Kier molecular flexibility index (Phi) is 3.68. The van der Waals surface area contributed by atoms with E-state index in [2.05, 4.69) is 5.32 Å². The lowest BCUT2D eigenvalue weighted by molar-refractivity contribution is 0.0921. The first-order chi connectivity index (χ1) is 7.06. The van der Waals surface area contributed by atoms with Gasteiger partial charge in [0.05, 0.1) is 6.61 Å². The third-order valence-electron chi connectivity index (χ3n) is 2.27. The van der Waals surface area contributed by atoms with Gasteiger partial charge in [0, 0.05) is 17.3 Å². The highest BCUT2D eigenvalue weighted by atomic mass is 16.3. The van der Waals surface area contributed by atoms with Crippen molar-refractivity contribution in [3.8, 4) is 0 Å². The van der Waals surface area contributed by atoms with E-state index in [9.17, 15) is 4.79 Å². The summed E-state index contributed by atoms with van der Waals surface area (Å²) in [6.07, 6.45) is 0. The van der Waals surface area contributed by atoms with Crippen molar-refractivity contribution in [1.82, 2.24) is 5.32 Å². The third kappa shape index (κ3) is 2.70. The number of nitrogens with two attached hydrogens (primary N) is 1. The third-order valence-corrected chi connectivity index (χ3v) is 2.27. The van der Waals surface area contributed by atoms with Crippen LogP contribution in [0.25, 0.3) is 0 Å². The molecule has 0 saturated heterocycles. The molecule has 0 heterocycles. The van der Waals surface area contributed by atoms with Crippen LogP contribution >= 0.6 is 0 Å². The van der Waals surface area contributed by atoms with E-state index in [-0.39, 0.29) is 18.6 Å². The molecule has 0 radical (unpaired) electrons. The Hall–Kier alpha value is -1.55. The van der Waals surface area contributed by atoms with E-state index in [4.69, 9.17) is 10.8 Å². The molecule has 0 saturated carbocycles. The maximum Gasteiger partial charge on any atom is 0.251 e. The van der Waals surface area contributed by atoms with Gasteiger partial charge in [0.15, 0.2) is 0 Å². The van der Waals surface area contributed by atoms with Gasteiger partial charge in [-0.15, -0.1) is 0 Å².